The Kier molecular flexibility index (Phi) is 18.3. The van der Waals surface area contributed by atoms with Crippen molar-refractivity contribution in [3.05, 3.63) is 100 Å². The molecule has 0 radical (unpaired) electrons. The van der Waals surface area contributed by atoms with E-state index in [9.17, 15) is 24.3 Å². The summed E-state index contributed by atoms with van der Waals surface area (Å²) in [5.41, 5.74) is 8.54. The molecule has 3 N–H and O–H groups in total. The number of benzene rings is 3. The summed E-state index contributed by atoms with van der Waals surface area (Å²) in [4.78, 5) is 60.9. The number of thiazole rings is 1. The van der Waals surface area contributed by atoms with E-state index in [2.05, 4.69) is 47.7 Å². The Hall–Kier alpha value is -5.45. The van der Waals surface area contributed by atoms with Crippen LogP contribution in [0.25, 0.3) is 27.1 Å². The number of nitrogens with zero attached hydrogens (tertiary/aromatic N) is 2. The predicted molar refractivity (Wildman–Crippen MR) is 267 cm³/mol. The number of Topliss-reactive ketones (excluding diaryl/α,β-unsaturated/α-hetero) is 1. The van der Waals surface area contributed by atoms with Crippen LogP contribution in [-0.4, -0.2) is 116 Å². The van der Waals surface area contributed by atoms with Crippen LogP contribution in [0.1, 0.15) is 96.2 Å². The van der Waals surface area contributed by atoms with Gasteiger partial charge in [-0.25, -0.2) is 4.98 Å². The maximum absolute atomic E-state index is 14.0. The van der Waals surface area contributed by atoms with Gasteiger partial charge >= 0.3 is 0 Å². The van der Waals surface area contributed by atoms with E-state index in [4.69, 9.17) is 23.7 Å². The number of β-amino-alcohol motifs (C(OH)–C–C–N with tert-alkyl or cyclic N) is 1. The Morgan fingerprint density at radius 1 is 0.855 bits per heavy atom. The number of amides is 3. The number of hydrogen-bond donors (Lipinski definition) is 3. The van der Waals surface area contributed by atoms with Crippen molar-refractivity contribution in [3.8, 4) is 27.3 Å². The van der Waals surface area contributed by atoms with Gasteiger partial charge < -0.3 is 44.3 Å². The van der Waals surface area contributed by atoms with Crippen LogP contribution in [0.3, 0.4) is 0 Å². The molecule has 0 bridgehead atoms. The SMILES string of the molecule is CCOC1=C(c2cc(-c3ccc(OCCOCCOCCOCC(=O)N[C@H](C(=O)N4C[C@H](O)C[C@H]4C(=O)N[C@@H](C)c4ccc(-c5scnc5C)cc4)C(C)(C)C)cc3)ccc2C)C(=O)CC(C)(C)C1. The average molecular weight is 967 g/mol. The number of likely N-dealkylation sites (tertiary alicyclic amines) is 1. The Bertz CT molecular complexity index is 2420. The van der Waals surface area contributed by atoms with Gasteiger partial charge in [0.15, 0.2) is 5.78 Å². The Labute approximate surface area is 411 Å². The Balaban J connectivity index is 0.871. The molecule has 0 unspecified atom stereocenters. The fraction of sp³-hybridized carbons (Fsp3) is 0.500. The summed E-state index contributed by atoms with van der Waals surface area (Å²) in [7, 11) is 0. The zero-order chi connectivity index (χ0) is 49.9. The Morgan fingerprint density at radius 3 is 2.13 bits per heavy atom. The van der Waals surface area contributed by atoms with Crippen LogP contribution in [0.2, 0.25) is 0 Å². The number of aliphatic hydroxyl groups is 1. The van der Waals surface area contributed by atoms with Gasteiger partial charge in [0, 0.05) is 25.8 Å². The van der Waals surface area contributed by atoms with Crippen molar-refractivity contribution in [1.29, 1.82) is 0 Å². The van der Waals surface area contributed by atoms with Crippen LogP contribution >= 0.6 is 11.3 Å². The molecule has 372 valence electrons. The zero-order valence-corrected chi connectivity index (χ0v) is 42.5. The van der Waals surface area contributed by atoms with Crippen LogP contribution in [-0.2, 0) is 38.1 Å². The number of hydrogen-bond acceptors (Lipinski definition) is 12. The third-order valence-electron chi connectivity index (χ3n) is 12.4. The number of carbonyl (C=O) groups is 4. The van der Waals surface area contributed by atoms with Crippen molar-refractivity contribution in [2.75, 3.05) is 59.4 Å². The highest BCUT2D eigenvalue weighted by atomic mass is 32.1. The summed E-state index contributed by atoms with van der Waals surface area (Å²) in [6, 6.07) is 19.7. The minimum Gasteiger partial charge on any atom is -0.497 e. The smallest absolute Gasteiger partial charge is 0.246 e. The molecule has 2 aliphatic rings. The average Bonchev–Trinajstić information content (AvgIpc) is 3.92. The number of aromatic nitrogens is 1. The topological polar surface area (TPSA) is 175 Å². The van der Waals surface area contributed by atoms with E-state index in [0.29, 0.717) is 50.8 Å². The second kappa shape index (κ2) is 23.9. The minimum atomic E-state index is -0.972. The van der Waals surface area contributed by atoms with E-state index in [1.54, 1.807) is 11.3 Å². The lowest BCUT2D eigenvalue weighted by Crippen LogP contribution is -2.58. The predicted octanol–water partition coefficient (Wildman–Crippen LogP) is 8.03. The molecule has 4 atom stereocenters. The summed E-state index contributed by atoms with van der Waals surface area (Å²) in [5.74, 6) is 0.304. The lowest BCUT2D eigenvalue weighted by atomic mass is 9.74. The number of ketones is 1. The van der Waals surface area contributed by atoms with E-state index in [1.807, 2.05) is 103 Å². The van der Waals surface area contributed by atoms with Crippen molar-refractivity contribution < 1.29 is 48.0 Å². The number of aryl methyl sites for hydroxylation is 2. The molecule has 3 aromatic carbocycles. The van der Waals surface area contributed by atoms with Crippen molar-refractivity contribution in [3.63, 3.8) is 0 Å². The van der Waals surface area contributed by atoms with Gasteiger partial charge in [0.2, 0.25) is 17.7 Å². The summed E-state index contributed by atoms with van der Waals surface area (Å²) < 4.78 is 28.8. The van der Waals surface area contributed by atoms with Gasteiger partial charge in [-0.2, -0.15) is 0 Å². The van der Waals surface area contributed by atoms with Crippen molar-refractivity contribution in [2.45, 2.75) is 106 Å². The van der Waals surface area contributed by atoms with Crippen molar-refractivity contribution >= 4 is 40.4 Å². The van der Waals surface area contributed by atoms with E-state index < -0.39 is 35.4 Å². The van der Waals surface area contributed by atoms with Crippen LogP contribution in [0.4, 0.5) is 0 Å². The second-order valence-electron chi connectivity index (χ2n) is 19.7. The molecule has 14 nitrogen and oxygen atoms in total. The number of aliphatic hydroxyl groups excluding tert-OH is 1. The van der Waals surface area contributed by atoms with Crippen molar-refractivity contribution in [2.24, 2.45) is 10.8 Å². The fourth-order valence-corrected chi connectivity index (χ4v) is 9.53. The van der Waals surface area contributed by atoms with E-state index in [1.165, 1.54) is 4.90 Å². The molecule has 3 amide bonds. The molecule has 1 aliphatic heterocycles. The van der Waals surface area contributed by atoms with Crippen LogP contribution in [0.5, 0.6) is 5.75 Å². The maximum Gasteiger partial charge on any atom is 0.246 e. The van der Waals surface area contributed by atoms with Gasteiger partial charge in [-0.05, 0) is 90.1 Å². The highest BCUT2D eigenvalue weighted by molar-refractivity contribution is 7.13. The molecule has 0 spiro atoms. The standard InChI is InChI=1S/C54H70N4O10S/c1-10-67-46-30-54(8,9)29-45(60)48(46)43-27-40(12-11-34(43)2)38-17-19-42(20-18-38)68-26-25-65-22-21-64-23-24-66-32-47(61)57-50(53(5,6)7)52(63)58-31-41(59)28-44(58)51(62)56-35(3)37-13-15-39(16-14-37)49-36(4)55-33-69-49/h11-20,27,33,35,41,44,50,59H,10,21-26,28-32H2,1-9H3,(H,56,62)(H,57,61)/t35-,41+,44-,50+/m0/s1. The molecule has 4 aromatic rings. The fourth-order valence-electron chi connectivity index (χ4n) is 8.72. The lowest BCUT2D eigenvalue weighted by Gasteiger charge is -2.35. The van der Waals surface area contributed by atoms with Gasteiger partial charge in [0.1, 0.15) is 36.8 Å². The van der Waals surface area contributed by atoms with Crippen molar-refractivity contribution in [1.82, 2.24) is 20.5 Å². The molecule has 0 saturated carbocycles. The molecule has 1 aliphatic carbocycles. The molecular formula is C54H70N4O10S. The molecule has 2 heterocycles. The number of ether oxygens (including phenoxy) is 5. The highest BCUT2D eigenvalue weighted by Gasteiger charge is 2.45. The maximum atomic E-state index is 14.0. The van der Waals surface area contributed by atoms with Gasteiger partial charge in [-0.15, -0.1) is 11.3 Å². The zero-order valence-electron chi connectivity index (χ0n) is 41.6. The van der Waals surface area contributed by atoms with E-state index >= 15 is 0 Å². The quantitative estimate of drug-likeness (QED) is 0.0651. The molecular weight excluding hydrogens is 897 g/mol. The molecule has 15 heteroatoms. The summed E-state index contributed by atoms with van der Waals surface area (Å²) in [5, 5.41) is 16.4. The lowest BCUT2D eigenvalue weighted by molar-refractivity contribution is -0.144. The minimum absolute atomic E-state index is 0.0219. The van der Waals surface area contributed by atoms with Crippen LogP contribution < -0.4 is 15.4 Å². The summed E-state index contributed by atoms with van der Waals surface area (Å²) in [6.45, 7) is 19.5. The number of nitrogens with one attached hydrogen (secondary N) is 2. The first-order chi connectivity index (χ1) is 32.8. The second-order valence-corrected chi connectivity index (χ2v) is 20.6. The molecule has 69 heavy (non-hydrogen) atoms. The van der Waals surface area contributed by atoms with Gasteiger partial charge in [-0.3, -0.25) is 19.2 Å². The summed E-state index contributed by atoms with van der Waals surface area (Å²) >= 11 is 1.57. The molecule has 1 saturated heterocycles. The normalized spacial score (nSPS) is 17.9. The third kappa shape index (κ3) is 14.3. The first kappa shape index (κ1) is 52.9. The molecule has 1 fully saturated rings. The van der Waals surface area contributed by atoms with Gasteiger partial charge in [0.05, 0.1) is 73.4 Å². The number of allylic oxidation sites excluding steroid dienone is 2. The number of carbonyl (C=O) groups excluding carboxylic acids is 4. The highest BCUT2D eigenvalue weighted by Crippen LogP contribution is 2.42. The number of rotatable bonds is 22. The molecule has 1 aromatic heterocycles. The first-order valence-electron chi connectivity index (χ1n) is 23.9. The summed E-state index contributed by atoms with van der Waals surface area (Å²) in [6.07, 6.45) is 0.423. The third-order valence-corrected chi connectivity index (χ3v) is 13.4. The Morgan fingerprint density at radius 2 is 1.49 bits per heavy atom. The van der Waals surface area contributed by atoms with Crippen LogP contribution in [0, 0.1) is 24.7 Å². The molecule has 6 rings (SSSR count). The monoisotopic (exact) mass is 966 g/mol. The van der Waals surface area contributed by atoms with Gasteiger partial charge in [0.25, 0.3) is 0 Å². The van der Waals surface area contributed by atoms with Crippen LogP contribution in [0.15, 0.2) is 78.0 Å². The largest absolute Gasteiger partial charge is 0.497 e. The first-order valence-corrected chi connectivity index (χ1v) is 24.8. The van der Waals surface area contributed by atoms with E-state index in [0.717, 1.165) is 56.1 Å². The van der Waals surface area contributed by atoms with Gasteiger partial charge in [-0.1, -0.05) is 83.1 Å². The van der Waals surface area contributed by atoms with E-state index in [-0.39, 0.29) is 55.9 Å².